The zero-order valence-electron chi connectivity index (χ0n) is 18.0. The fraction of sp³-hybridized carbons (Fsp3) is 0.227. The third kappa shape index (κ3) is 7.47. The number of amides is 1. The number of halogens is 1. The van der Waals surface area contributed by atoms with Crippen LogP contribution < -0.4 is 11.1 Å². The molecule has 1 amide bonds. The maximum absolute atomic E-state index is 13.8. The topological polar surface area (TPSA) is 115 Å². The predicted octanol–water partition coefficient (Wildman–Crippen LogP) is 3.77. The molecular weight excluding hydrogens is 419 g/mol. The number of aryl methyl sites for hydroxylation is 1. The summed E-state index contributed by atoms with van der Waals surface area (Å²) in [5.41, 5.74) is 6.08. The van der Waals surface area contributed by atoms with Gasteiger partial charge in [0.15, 0.2) is 0 Å². The lowest BCUT2D eigenvalue weighted by Gasteiger charge is -2.21. The van der Waals surface area contributed by atoms with Crippen LogP contribution in [0.25, 0.3) is 0 Å². The summed E-state index contributed by atoms with van der Waals surface area (Å²) in [6, 6.07) is 14.4. The van der Waals surface area contributed by atoms with Crippen molar-refractivity contribution in [2.75, 3.05) is 12.4 Å². The van der Waals surface area contributed by atoms with Gasteiger partial charge in [-0.3, -0.25) is 10.1 Å². The number of aromatic nitrogens is 2. The third-order valence-corrected chi connectivity index (χ3v) is 5.20. The molecule has 0 fully saturated rings. The van der Waals surface area contributed by atoms with Crippen LogP contribution in [0.15, 0.2) is 48.5 Å². The molecule has 0 aliphatic carbocycles. The second-order valence-corrected chi connectivity index (χ2v) is 7.32. The molecule has 0 atom stereocenters. The van der Waals surface area contributed by atoms with E-state index in [1.54, 1.807) is 6.07 Å². The van der Waals surface area contributed by atoms with Crippen LogP contribution in [0.2, 0.25) is 0 Å². The number of rotatable bonds is 4. The van der Waals surface area contributed by atoms with Crippen LogP contribution in [0.3, 0.4) is 0 Å². The Morgan fingerprint density at radius 2 is 1.61 bits per heavy atom. The van der Waals surface area contributed by atoms with Gasteiger partial charge in [-0.05, 0) is 45.5 Å². The number of anilines is 1. The van der Waals surface area contributed by atoms with Crippen molar-refractivity contribution in [3.8, 4) is 0 Å². The summed E-state index contributed by atoms with van der Waals surface area (Å²) in [4.78, 5) is 28.3. The molecule has 0 spiro atoms. The van der Waals surface area contributed by atoms with Crippen LogP contribution in [0, 0.1) is 12.7 Å². The van der Waals surface area contributed by atoms with E-state index in [1.165, 1.54) is 30.5 Å². The fourth-order valence-corrected chi connectivity index (χ4v) is 3.35. The lowest BCUT2D eigenvalue weighted by molar-refractivity contribution is -0.0987. The van der Waals surface area contributed by atoms with E-state index in [4.69, 9.17) is 9.59 Å². The Morgan fingerprint density at radius 3 is 2.19 bits per heavy atom. The van der Waals surface area contributed by atoms with Gasteiger partial charge in [-0.15, -0.1) is 10.2 Å². The lowest BCUT2D eigenvalue weighted by Crippen LogP contribution is -2.18. The molecule has 0 radical (unpaired) electrons. The van der Waals surface area contributed by atoms with Gasteiger partial charge in [0, 0.05) is 5.41 Å². The molecule has 166 valence electrons. The van der Waals surface area contributed by atoms with Gasteiger partial charge < -0.3 is 15.3 Å². The summed E-state index contributed by atoms with van der Waals surface area (Å²) in [6.45, 7) is 9.91. The number of nitrogens with one attached hydrogen (secondary N) is 1. The second kappa shape index (κ2) is 13.8. The molecule has 1 heterocycles. The maximum Gasteiger partial charge on any atom is 0.260 e. The van der Waals surface area contributed by atoms with E-state index >= 15 is 0 Å². The minimum atomic E-state index is -0.558. The quantitative estimate of drug-likeness (QED) is 0.630. The third-order valence-electron chi connectivity index (χ3n) is 4.04. The molecule has 0 aliphatic heterocycles. The molecule has 1 aromatic heterocycles. The van der Waals surface area contributed by atoms with Crippen LogP contribution >= 0.6 is 11.3 Å². The molecule has 3 aromatic rings. The van der Waals surface area contributed by atoms with Gasteiger partial charge in [-0.25, -0.2) is 4.39 Å². The molecular formula is C22H27FN4O3S. The first-order chi connectivity index (χ1) is 14.9. The molecule has 0 saturated heterocycles. The molecule has 0 aliphatic rings. The summed E-state index contributed by atoms with van der Waals surface area (Å²) in [5, 5.41) is 12.0. The van der Waals surface area contributed by atoms with Crippen molar-refractivity contribution < 1.29 is 18.8 Å². The number of benzene rings is 2. The summed E-state index contributed by atoms with van der Waals surface area (Å²) >= 11 is 1.29. The first-order valence-electron chi connectivity index (χ1n) is 9.00. The maximum atomic E-state index is 13.8. The van der Waals surface area contributed by atoms with Crippen molar-refractivity contribution in [2.45, 2.75) is 26.2 Å². The highest BCUT2D eigenvalue weighted by atomic mass is 32.1. The highest BCUT2D eigenvalue weighted by Gasteiger charge is 2.28. The van der Waals surface area contributed by atoms with E-state index in [0.717, 1.165) is 16.1 Å². The van der Waals surface area contributed by atoms with E-state index in [9.17, 15) is 9.18 Å². The number of carbonyl (C=O) groups is 3. The largest absolute Gasteiger partial charge is 0.333 e. The van der Waals surface area contributed by atoms with Crippen LogP contribution in [0.1, 0.15) is 40.3 Å². The van der Waals surface area contributed by atoms with Gasteiger partial charge in [0.25, 0.3) is 5.91 Å². The molecule has 0 unspecified atom stereocenters. The minimum Gasteiger partial charge on any atom is -0.333 e. The summed E-state index contributed by atoms with van der Waals surface area (Å²) < 4.78 is 13.8. The van der Waals surface area contributed by atoms with E-state index < -0.39 is 11.7 Å². The number of carbonyl (C=O) groups excluding carboxylic acids is 3. The molecule has 0 bridgehead atoms. The van der Waals surface area contributed by atoms with E-state index in [-0.39, 0.29) is 11.0 Å². The van der Waals surface area contributed by atoms with Gasteiger partial charge in [0.1, 0.15) is 24.4 Å². The van der Waals surface area contributed by atoms with Crippen molar-refractivity contribution in [3.05, 3.63) is 76.0 Å². The van der Waals surface area contributed by atoms with E-state index in [0.29, 0.717) is 5.13 Å². The van der Waals surface area contributed by atoms with Gasteiger partial charge >= 0.3 is 0 Å². The van der Waals surface area contributed by atoms with Crippen molar-refractivity contribution >= 4 is 36.0 Å². The Balaban J connectivity index is 0.00000138. The van der Waals surface area contributed by atoms with Crippen LogP contribution in [0.5, 0.6) is 0 Å². The Kier molecular flexibility index (Phi) is 12.4. The van der Waals surface area contributed by atoms with Gasteiger partial charge in [0.2, 0.25) is 5.13 Å². The Bertz CT molecular complexity index is 947. The summed E-state index contributed by atoms with van der Waals surface area (Å²) in [6.07, 6.45) is 0. The first-order valence-corrected chi connectivity index (χ1v) is 9.82. The van der Waals surface area contributed by atoms with Gasteiger partial charge in [-0.1, -0.05) is 53.3 Å². The molecule has 0 saturated carbocycles. The van der Waals surface area contributed by atoms with Crippen LogP contribution in [-0.4, -0.2) is 36.7 Å². The highest BCUT2D eigenvalue weighted by molar-refractivity contribution is 7.15. The van der Waals surface area contributed by atoms with E-state index in [1.807, 2.05) is 50.8 Å². The highest BCUT2D eigenvalue weighted by Crippen LogP contribution is 2.34. The molecule has 3 rings (SSSR count). The SMILES string of the molecule is C=O.C=O.CN.Cc1ccc(F)c(C(=O)Nc2nnc(C(C)(C)c3ccccc3)s2)c1. The van der Waals surface area contributed by atoms with Gasteiger partial charge in [-0.2, -0.15) is 0 Å². The zero-order chi connectivity index (χ0) is 24.0. The number of hydrogen-bond acceptors (Lipinski definition) is 7. The Hall–Kier alpha value is -3.30. The Morgan fingerprint density at radius 1 is 1.03 bits per heavy atom. The average molecular weight is 447 g/mol. The van der Waals surface area contributed by atoms with Crippen LogP contribution in [-0.2, 0) is 15.0 Å². The average Bonchev–Trinajstić information content (AvgIpc) is 3.29. The number of nitrogens with zero attached hydrogens (tertiary/aromatic N) is 2. The summed E-state index contributed by atoms with van der Waals surface area (Å²) in [7, 11) is 1.50. The number of hydrogen-bond donors (Lipinski definition) is 2. The van der Waals surface area contributed by atoms with Crippen LogP contribution in [0.4, 0.5) is 9.52 Å². The minimum absolute atomic E-state index is 0.000862. The number of nitrogens with two attached hydrogens (primary N) is 1. The van der Waals surface area contributed by atoms with Gasteiger partial charge in [0.05, 0.1) is 5.56 Å². The fourth-order valence-electron chi connectivity index (χ4n) is 2.48. The first kappa shape index (κ1) is 27.7. The summed E-state index contributed by atoms with van der Waals surface area (Å²) in [5.74, 6) is -1.08. The second-order valence-electron chi connectivity index (χ2n) is 6.34. The zero-order valence-corrected chi connectivity index (χ0v) is 18.8. The van der Waals surface area contributed by atoms with Crippen molar-refractivity contribution in [2.24, 2.45) is 5.73 Å². The molecule has 7 nitrogen and oxygen atoms in total. The smallest absolute Gasteiger partial charge is 0.260 e. The van der Waals surface area contributed by atoms with Crippen molar-refractivity contribution in [3.63, 3.8) is 0 Å². The standard InChI is InChI=1S/C19H18FN3OS.CH5N.2CH2O/c1-12-9-10-15(20)14(11-12)16(24)21-18-23-22-17(25-18)19(2,3)13-7-5-4-6-8-13;3*1-2/h4-11H,1-3H3,(H,21,23,24);2H2,1H3;2*1H2. The monoisotopic (exact) mass is 446 g/mol. The lowest BCUT2D eigenvalue weighted by atomic mass is 9.85. The molecule has 2 aromatic carbocycles. The molecule has 3 N–H and O–H groups in total. The Labute approximate surface area is 185 Å². The van der Waals surface area contributed by atoms with E-state index in [2.05, 4.69) is 35.1 Å². The normalized spacial score (nSPS) is 9.61. The van der Waals surface area contributed by atoms with Crippen molar-refractivity contribution in [1.29, 1.82) is 0 Å². The molecule has 9 heteroatoms. The molecule has 31 heavy (non-hydrogen) atoms. The van der Waals surface area contributed by atoms with Crippen molar-refractivity contribution in [1.82, 2.24) is 10.2 Å². The predicted molar refractivity (Wildman–Crippen MR) is 122 cm³/mol.